The summed E-state index contributed by atoms with van der Waals surface area (Å²) in [6, 6.07) is 1.23. The summed E-state index contributed by atoms with van der Waals surface area (Å²) in [7, 11) is 0. The van der Waals surface area contributed by atoms with E-state index in [1.165, 1.54) is 12.3 Å². The summed E-state index contributed by atoms with van der Waals surface area (Å²) in [6.07, 6.45) is 3.09. The van der Waals surface area contributed by atoms with Crippen molar-refractivity contribution in [3.05, 3.63) is 23.1 Å². The molecule has 5 heteroatoms. The molecular weight excluding hydrogens is 238 g/mol. The highest BCUT2D eigenvalue weighted by Crippen LogP contribution is 2.15. The van der Waals surface area contributed by atoms with Crippen LogP contribution in [0.5, 0.6) is 0 Å². The first-order valence-corrected chi connectivity index (χ1v) is 5.64. The Hall–Kier alpha value is -0.540. The zero-order valence-corrected chi connectivity index (χ0v) is 9.95. The minimum absolute atomic E-state index is 0.118. The number of hydrogen-bond donors (Lipinski definition) is 1. The number of pyridine rings is 1. The summed E-state index contributed by atoms with van der Waals surface area (Å²) < 4.78 is 13.2. The van der Waals surface area contributed by atoms with Crippen LogP contribution in [0, 0.1) is 5.82 Å². The highest BCUT2D eigenvalue weighted by Gasteiger charge is 2.05. The van der Waals surface area contributed by atoms with E-state index in [4.69, 9.17) is 23.2 Å². The van der Waals surface area contributed by atoms with Gasteiger partial charge in [-0.05, 0) is 18.9 Å². The summed E-state index contributed by atoms with van der Waals surface area (Å²) in [5.41, 5.74) is 0. The number of alkyl halides is 1. The van der Waals surface area contributed by atoms with Crippen LogP contribution in [-0.4, -0.2) is 16.9 Å². The molecule has 0 aliphatic heterocycles. The van der Waals surface area contributed by atoms with Gasteiger partial charge in [-0.15, -0.1) is 11.6 Å². The van der Waals surface area contributed by atoms with Gasteiger partial charge in [-0.3, -0.25) is 0 Å². The molecule has 1 aromatic heterocycles. The SMILES string of the molecule is CCC(Cl)CCNc1ncc(Cl)cc1F. The molecule has 84 valence electrons. The number of rotatable bonds is 5. The highest BCUT2D eigenvalue weighted by atomic mass is 35.5. The van der Waals surface area contributed by atoms with Crippen LogP contribution in [0.15, 0.2) is 12.3 Å². The number of hydrogen-bond acceptors (Lipinski definition) is 2. The fraction of sp³-hybridized carbons (Fsp3) is 0.500. The predicted molar refractivity (Wildman–Crippen MR) is 62.2 cm³/mol. The summed E-state index contributed by atoms with van der Waals surface area (Å²) in [5.74, 6) is -0.218. The zero-order chi connectivity index (χ0) is 11.3. The lowest BCUT2D eigenvalue weighted by Crippen LogP contribution is -2.10. The Morgan fingerprint density at radius 1 is 1.60 bits per heavy atom. The molecule has 2 nitrogen and oxygen atoms in total. The third kappa shape index (κ3) is 4.22. The fourth-order valence-electron chi connectivity index (χ4n) is 1.10. The van der Waals surface area contributed by atoms with E-state index >= 15 is 0 Å². The maximum atomic E-state index is 13.2. The molecule has 1 rings (SSSR count). The molecule has 0 saturated carbocycles. The number of nitrogens with zero attached hydrogens (tertiary/aromatic N) is 1. The number of nitrogens with one attached hydrogen (secondary N) is 1. The summed E-state index contributed by atoms with van der Waals surface area (Å²) in [6.45, 7) is 2.62. The van der Waals surface area contributed by atoms with Crippen LogP contribution >= 0.6 is 23.2 Å². The van der Waals surface area contributed by atoms with Crippen molar-refractivity contribution in [1.29, 1.82) is 0 Å². The van der Waals surface area contributed by atoms with Gasteiger partial charge in [-0.1, -0.05) is 18.5 Å². The molecule has 0 bridgehead atoms. The standard InChI is InChI=1S/C10H13Cl2FN2/c1-2-7(11)3-4-14-10-9(13)5-8(12)6-15-10/h5-7H,2-4H2,1H3,(H,14,15). The Labute approximate surface area is 98.8 Å². The van der Waals surface area contributed by atoms with Gasteiger partial charge >= 0.3 is 0 Å². The normalized spacial score (nSPS) is 12.5. The van der Waals surface area contributed by atoms with E-state index in [0.717, 1.165) is 12.8 Å². The van der Waals surface area contributed by atoms with Gasteiger partial charge in [0.25, 0.3) is 0 Å². The third-order valence-corrected chi connectivity index (χ3v) is 2.73. The lowest BCUT2D eigenvalue weighted by Gasteiger charge is -2.08. The van der Waals surface area contributed by atoms with Crippen LogP contribution in [0.1, 0.15) is 19.8 Å². The van der Waals surface area contributed by atoms with Gasteiger partial charge in [0.2, 0.25) is 0 Å². The van der Waals surface area contributed by atoms with E-state index in [9.17, 15) is 4.39 Å². The van der Waals surface area contributed by atoms with Gasteiger partial charge in [0.15, 0.2) is 11.6 Å². The van der Waals surface area contributed by atoms with Crippen molar-refractivity contribution in [3.63, 3.8) is 0 Å². The highest BCUT2D eigenvalue weighted by molar-refractivity contribution is 6.30. The maximum absolute atomic E-state index is 13.2. The maximum Gasteiger partial charge on any atom is 0.166 e. The summed E-state index contributed by atoms with van der Waals surface area (Å²) in [4.78, 5) is 3.84. The second-order valence-electron chi connectivity index (χ2n) is 3.20. The lowest BCUT2D eigenvalue weighted by molar-refractivity contribution is 0.623. The van der Waals surface area contributed by atoms with E-state index < -0.39 is 5.82 Å². The van der Waals surface area contributed by atoms with Gasteiger partial charge in [-0.2, -0.15) is 0 Å². The predicted octanol–water partition coefficient (Wildman–Crippen LogP) is 3.69. The van der Waals surface area contributed by atoms with Crippen LogP contribution in [0.3, 0.4) is 0 Å². The minimum Gasteiger partial charge on any atom is -0.368 e. The number of aromatic nitrogens is 1. The minimum atomic E-state index is -0.440. The van der Waals surface area contributed by atoms with E-state index in [1.54, 1.807) is 0 Å². The van der Waals surface area contributed by atoms with E-state index in [1.807, 2.05) is 6.92 Å². The van der Waals surface area contributed by atoms with Crippen molar-refractivity contribution in [1.82, 2.24) is 4.98 Å². The molecule has 1 atom stereocenters. The molecule has 0 aliphatic rings. The Morgan fingerprint density at radius 2 is 2.33 bits per heavy atom. The number of anilines is 1. The molecule has 0 fully saturated rings. The Balaban J connectivity index is 2.44. The molecule has 15 heavy (non-hydrogen) atoms. The molecule has 0 amide bonds. The molecule has 1 heterocycles. The van der Waals surface area contributed by atoms with Gasteiger partial charge < -0.3 is 5.32 Å². The summed E-state index contributed by atoms with van der Waals surface area (Å²) in [5, 5.41) is 3.29. The summed E-state index contributed by atoms with van der Waals surface area (Å²) >= 11 is 11.5. The third-order valence-electron chi connectivity index (χ3n) is 2.00. The number of halogens is 3. The Bertz CT molecular complexity index is 320. The average Bonchev–Trinajstić information content (AvgIpc) is 2.21. The molecule has 0 aromatic carbocycles. The van der Waals surface area contributed by atoms with E-state index in [-0.39, 0.29) is 11.2 Å². The molecule has 1 aromatic rings. The monoisotopic (exact) mass is 250 g/mol. The van der Waals surface area contributed by atoms with E-state index in [2.05, 4.69) is 10.3 Å². The van der Waals surface area contributed by atoms with Crippen LogP contribution in [0.2, 0.25) is 5.02 Å². The first kappa shape index (κ1) is 12.5. The average molecular weight is 251 g/mol. The molecule has 0 radical (unpaired) electrons. The van der Waals surface area contributed by atoms with Gasteiger partial charge in [0.05, 0.1) is 5.02 Å². The fourth-order valence-corrected chi connectivity index (χ4v) is 1.35. The van der Waals surface area contributed by atoms with Crippen molar-refractivity contribution >= 4 is 29.0 Å². The van der Waals surface area contributed by atoms with Crippen LogP contribution < -0.4 is 5.32 Å². The molecule has 0 aliphatic carbocycles. The lowest BCUT2D eigenvalue weighted by atomic mass is 10.2. The van der Waals surface area contributed by atoms with Crippen molar-refractivity contribution in [2.75, 3.05) is 11.9 Å². The zero-order valence-electron chi connectivity index (χ0n) is 8.43. The Kier molecular flexibility index (Phi) is 5.12. The van der Waals surface area contributed by atoms with Crippen molar-refractivity contribution in [3.8, 4) is 0 Å². The largest absolute Gasteiger partial charge is 0.368 e. The van der Waals surface area contributed by atoms with Crippen molar-refractivity contribution in [2.24, 2.45) is 0 Å². The van der Waals surface area contributed by atoms with Crippen molar-refractivity contribution < 1.29 is 4.39 Å². The quantitative estimate of drug-likeness (QED) is 0.807. The molecule has 0 spiro atoms. The van der Waals surface area contributed by atoms with Gasteiger partial charge in [-0.25, -0.2) is 9.37 Å². The first-order chi connectivity index (χ1) is 7.13. The topological polar surface area (TPSA) is 24.9 Å². The van der Waals surface area contributed by atoms with Crippen LogP contribution in [-0.2, 0) is 0 Å². The van der Waals surface area contributed by atoms with Gasteiger partial charge in [0.1, 0.15) is 0 Å². The first-order valence-electron chi connectivity index (χ1n) is 4.82. The van der Waals surface area contributed by atoms with Crippen molar-refractivity contribution in [2.45, 2.75) is 25.1 Å². The van der Waals surface area contributed by atoms with Gasteiger partial charge in [0, 0.05) is 18.1 Å². The Morgan fingerprint density at radius 3 is 2.93 bits per heavy atom. The molecule has 0 saturated heterocycles. The second-order valence-corrected chi connectivity index (χ2v) is 4.26. The molecule has 1 unspecified atom stereocenters. The molecular formula is C10H13Cl2FN2. The van der Waals surface area contributed by atoms with Crippen LogP contribution in [0.25, 0.3) is 0 Å². The van der Waals surface area contributed by atoms with E-state index in [0.29, 0.717) is 11.6 Å². The van der Waals surface area contributed by atoms with Crippen LogP contribution in [0.4, 0.5) is 10.2 Å². The smallest absolute Gasteiger partial charge is 0.166 e. The molecule has 1 N–H and O–H groups in total. The second kappa shape index (κ2) is 6.13.